The van der Waals surface area contributed by atoms with E-state index in [4.69, 9.17) is 5.73 Å². The number of sulfonamides is 1. The van der Waals surface area contributed by atoms with Crippen molar-refractivity contribution in [2.45, 2.75) is 26.3 Å². The quantitative estimate of drug-likeness (QED) is 0.785. The molecule has 4 nitrogen and oxygen atoms in total. The standard InChI is InChI=1S/C11H18N2O2S/c1-4-16(14,15)13-11(2,3)9-5-7-10(12)8-6-9/h5-8,13H,4,12H2,1-3H3. The molecule has 0 amide bonds. The highest BCUT2D eigenvalue weighted by Crippen LogP contribution is 2.21. The van der Waals surface area contributed by atoms with Crippen molar-refractivity contribution in [2.75, 3.05) is 11.5 Å². The Morgan fingerprint density at radius 3 is 2.19 bits per heavy atom. The van der Waals surface area contributed by atoms with Crippen LogP contribution in [-0.2, 0) is 15.6 Å². The third kappa shape index (κ3) is 3.21. The van der Waals surface area contributed by atoms with Gasteiger partial charge < -0.3 is 5.73 Å². The zero-order valence-corrected chi connectivity index (χ0v) is 10.6. The van der Waals surface area contributed by atoms with Gasteiger partial charge in [-0.1, -0.05) is 12.1 Å². The summed E-state index contributed by atoms with van der Waals surface area (Å²) in [6, 6.07) is 7.18. The topological polar surface area (TPSA) is 72.2 Å². The molecule has 1 aromatic rings. The largest absolute Gasteiger partial charge is 0.399 e. The van der Waals surface area contributed by atoms with Crippen LogP contribution in [0.2, 0.25) is 0 Å². The van der Waals surface area contributed by atoms with Gasteiger partial charge in [0.1, 0.15) is 0 Å². The predicted molar refractivity (Wildman–Crippen MR) is 66.5 cm³/mol. The fraction of sp³-hybridized carbons (Fsp3) is 0.455. The van der Waals surface area contributed by atoms with Gasteiger partial charge in [-0.3, -0.25) is 0 Å². The number of anilines is 1. The minimum Gasteiger partial charge on any atom is -0.399 e. The van der Waals surface area contributed by atoms with Crippen LogP contribution >= 0.6 is 0 Å². The number of benzene rings is 1. The lowest BCUT2D eigenvalue weighted by atomic mass is 9.96. The fourth-order valence-electron chi connectivity index (χ4n) is 1.42. The number of nitrogens with one attached hydrogen (secondary N) is 1. The van der Waals surface area contributed by atoms with Crippen molar-refractivity contribution in [1.29, 1.82) is 0 Å². The molecule has 90 valence electrons. The third-order valence-corrected chi connectivity index (χ3v) is 4.00. The first-order valence-corrected chi connectivity index (χ1v) is 6.80. The number of rotatable bonds is 4. The van der Waals surface area contributed by atoms with Gasteiger partial charge in [-0.15, -0.1) is 0 Å². The first-order valence-electron chi connectivity index (χ1n) is 5.14. The van der Waals surface area contributed by atoms with Gasteiger partial charge in [-0.2, -0.15) is 0 Å². The Morgan fingerprint density at radius 2 is 1.75 bits per heavy atom. The lowest BCUT2D eigenvalue weighted by Crippen LogP contribution is -2.41. The summed E-state index contributed by atoms with van der Waals surface area (Å²) in [4.78, 5) is 0. The SMILES string of the molecule is CCS(=O)(=O)NC(C)(C)c1ccc(N)cc1. The molecule has 1 aromatic carbocycles. The molecule has 0 fully saturated rings. The molecular weight excluding hydrogens is 224 g/mol. The molecule has 0 atom stereocenters. The molecule has 0 aromatic heterocycles. The second-order valence-corrected chi connectivity index (χ2v) is 6.26. The zero-order valence-electron chi connectivity index (χ0n) is 9.82. The highest BCUT2D eigenvalue weighted by atomic mass is 32.2. The Hall–Kier alpha value is -1.07. The van der Waals surface area contributed by atoms with E-state index in [-0.39, 0.29) is 5.75 Å². The summed E-state index contributed by atoms with van der Waals surface area (Å²) >= 11 is 0. The van der Waals surface area contributed by atoms with Gasteiger partial charge >= 0.3 is 0 Å². The van der Waals surface area contributed by atoms with E-state index >= 15 is 0 Å². The van der Waals surface area contributed by atoms with Crippen molar-refractivity contribution < 1.29 is 8.42 Å². The summed E-state index contributed by atoms with van der Waals surface area (Å²) in [5.41, 5.74) is 6.51. The van der Waals surface area contributed by atoms with E-state index in [1.807, 2.05) is 26.0 Å². The molecule has 5 heteroatoms. The summed E-state index contributed by atoms with van der Waals surface area (Å²) in [5, 5.41) is 0. The second-order valence-electron chi connectivity index (χ2n) is 4.25. The molecule has 0 aliphatic carbocycles. The van der Waals surface area contributed by atoms with Crippen molar-refractivity contribution in [2.24, 2.45) is 0 Å². The molecule has 0 aliphatic rings. The maximum absolute atomic E-state index is 11.5. The van der Waals surface area contributed by atoms with Gasteiger partial charge in [0.25, 0.3) is 0 Å². The molecule has 3 N–H and O–H groups in total. The molecule has 0 aliphatic heterocycles. The lowest BCUT2D eigenvalue weighted by molar-refractivity contribution is 0.473. The summed E-state index contributed by atoms with van der Waals surface area (Å²) in [7, 11) is -3.22. The Labute approximate surface area is 96.9 Å². The van der Waals surface area contributed by atoms with E-state index in [1.165, 1.54) is 0 Å². The van der Waals surface area contributed by atoms with Crippen molar-refractivity contribution >= 4 is 15.7 Å². The normalized spacial score (nSPS) is 12.7. The first kappa shape index (κ1) is 13.0. The average molecular weight is 242 g/mol. The molecule has 0 spiro atoms. The van der Waals surface area contributed by atoms with E-state index in [0.29, 0.717) is 5.69 Å². The van der Waals surface area contributed by atoms with Crippen LogP contribution in [0.15, 0.2) is 24.3 Å². The number of hydrogen-bond acceptors (Lipinski definition) is 3. The molecule has 0 saturated carbocycles. The highest BCUT2D eigenvalue weighted by molar-refractivity contribution is 7.89. The van der Waals surface area contributed by atoms with Crippen LogP contribution in [0.25, 0.3) is 0 Å². The van der Waals surface area contributed by atoms with Crippen LogP contribution < -0.4 is 10.5 Å². The Kier molecular flexibility index (Phi) is 3.60. The predicted octanol–water partition coefficient (Wildman–Crippen LogP) is 1.44. The van der Waals surface area contributed by atoms with Gasteiger partial charge in [0.15, 0.2) is 0 Å². The maximum Gasteiger partial charge on any atom is 0.212 e. The van der Waals surface area contributed by atoms with E-state index in [2.05, 4.69) is 4.72 Å². The lowest BCUT2D eigenvalue weighted by Gasteiger charge is -2.26. The molecule has 0 heterocycles. The van der Waals surface area contributed by atoms with Crippen LogP contribution in [0.4, 0.5) is 5.69 Å². The van der Waals surface area contributed by atoms with E-state index < -0.39 is 15.6 Å². The Morgan fingerprint density at radius 1 is 1.25 bits per heavy atom. The maximum atomic E-state index is 11.5. The van der Waals surface area contributed by atoms with Gasteiger partial charge in [-0.25, -0.2) is 13.1 Å². The number of nitrogen functional groups attached to an aromatic ring is 1. The van der Waals surface area contributed by atoms with Crippen molar-refractivity contribution in [3.05, 3.63) is 29.8 Å². The number of nitrogens with two attached hydrogens (primary N) is 1. The summed E-state index contributed by atoms with van der Waals surface area (Å²) in [6.07, 6.45) is 0. The van der Waals surface area contributed by atoms with Crippen molar-refractivity contribution in [1.82, 2.24) is 4.72 Å². The Bertz CT molecular complexity index is 449. The molecular formula is C11H18N2O2S. The van der Waals surface area contributed by atoms with Gasteiger partial charge in [-0.05, 0) is 38.5 Å². The Balaban J connectivity index is 2.98. The molecule has 0 radical (unpaired) electrons. The van der Waals surface area contributed by atoms with Gasteiger partial charge in [0.05, 0.1) is 11.3 Å². The molecule has 0 unspecified atom stereocenters. The molecule has 1 rings (SSSR count). The van der Waals surface area contributed by atoms with E-state index in [1.54, 1.807) is 19.1 Å². The van der Waals surface area contributed by atoms with Gasteiger partial charge in [0.2, 0.25) is 10.0 Å². The summed E-state index contributed by atoms with van der Waals surface area (Å²) in [6.45, 7) is 5.26. The van der Waals surface area contributed by atoms with E-state index in [9.17, 15) is 8.42 Å². The monoisotopic (exact) mass is 242 g/mol. The average Bonchev–Trinajstić information content (AvgIpc) is 2.17. The second kappa shape index (κ2) is 4.43. The highest BCUT2D eigenvalue weighted by Gasteiger charge is 2.25. The summed E-state index contributed by atoms with van der Waals surface area (Å²) < 4.78 is 25.7. The third-order valence-electron chi connectivity index (χ3n) is 2.42. The molecule has 0 bridgehead atoms. The van der Waals surface area contributed by atoms with Crippen LogP contribution in [0.1, 0.15) is 26.3 Å². The number of hydrogen-bond donors (Lipinski definition) is 2. The van der Waals surface area contributed by atoms with Crippen LogP contribution in [0, 0.1) is 0 Å². The zero-order chi connectivity index (χ0) is 12.4. The van der Waals surface area contributed by atoms with Gasteiger partial charge in [0, 0.05) is 5.69 Å². The van der Waals surface area contributed by atoms with Crippen molar-refractivity contribution in [3.63, 3.8) is 0 Å². The van der Waals surface area contributed by atoms with E-state index in [0.717, 1.165) is 5.56 Å². The first-order chi connectivity index (χ1) is 7.27. The minimum absolute atomic E-state index is 0.0748. The minimum atomic E-state index is -3.22. The van der Waals surface area contributed by atoms with Crippen LogP contribution in [0.3, 0.4) is 0 Å². The molecule has 0 saturated heterocycles. The summed E-state index contributed by atoms with van der Waals surface area (Å²) in [5.74, 6) is 0.0748. The molecule has 16 heavy (non-hydrogen) atoms. The fourth-order valence-corrected chi connectivity index (χ4v) is 2.46. The van der Waals surface area contributed by atoms with Crippen molar-refractivity contribution in [3.8, 4) is 0 Å². The van der Waals surface area contributed by atoms with Crippen LogP contribution in [0.5, 0.6) is 0 Å². The smallest absolute Gasteiger partial charge is 0.212 e. The van der Waals surface area contributed by atoms with Crippen LogP contribution in [-0.4, -0.2) is 14.2 Å².